The van der Waals surface area contributed by atoms with Crippen molar-refractivity contribution in [1.82, 2.24) is 0 Å². The van der Waals surface area contributed by atoms with Crippen LogP contribution in [0.4, 0.5) is 8.78 Å². The Morgan fingerprint density at radius 2 is 1.78 bits per heavy atom. The number of furan rings is 1. The second-order valence-corrected chi connectivity index (χ2v) is 4.31. The molecule has 18 heavy (non-hydrogen) atoms. The minimum atomic E-state index is -0.857. The van der Waals surface area contributed by atoms with E-state index in [2.05, 4.69) is 0 Å². The fourth-order valence-corrected chi connectivity index (χ4v) is 1.85. The third-order valence-corrected chi connectivity index (χ3v) is 2.83. The lowest BCUT2D eigenvalue weighted by Gasteiger charge is -2.03. The van der Waals surface area contributed by atoms with E-state index in [1.54, 1.807) is 13.8 Å². The first-order valence-corrected chi connectivity index (χ1v) is 5.54. The fourth-order valence-electron chi connectivity index (χ4n) is 1.70. The molecule has 0 aliphatic rings. The van der Waals surface area contributed by atoms with Crippen molar-refractivity contribution < 1.29 is 18.0 Å². The van der Waals surface area contributed by atoms with Gasteiger partial charge in [0.05, 0.1) is 16.1 Å². The number of rotatable bonds is 2. The van der Waals surface area contributed by atoms with Gasteiger partial charge in [-0.15, -0.1) is 0 Å². The molecule has 0 bridgehead atoms. The predicted molar refractivity (Wildman–Crippen MR) is 63.0 cm³/mol. The van der Waals surface area contributed by atoms with Crippen molar-refractivity contribution in [1.29, 1.82) is 0 Å². The van der Waals surface area contributed by atoms with E-state index >= 15 is 0 Å². The van der Waals surface area contributed by atoms with Crippen LogP contribution in [0.15, 0.2) is 22.6 Å². The van der Waals surface area contributed by atoms with Crippen LogP contribution in [0.3, 0.4) is 0 Å². The molecule has 5 heteroatoms. The molecule has 0 saturated carbocycles. The minimum Gasteiger partial charge on any atom is -0.466 e. The zero-order chi connectivity index (χ0) is 13.4. The molecule has 0 N–H and O–H groups in total. The maximum atomic E-state index is 13.6. The molecule has 1 aromatic heterocycles. The molecule has 0 amide bonds. The first-order chi connectivity index (χ1) is 8.40. The molecule has 1 aromatic carbocycles. The normalized spacial score (nSPS) is 10.7. The van der Waals surface area contributed by atoms with Gasteiger partial charge in [-0.3, -0.25) is 4.79 Å². The van der Waals surface area contributed by atoms with Gasteiger partial charge in [0.25, 0.3) is 0 Å². The smallest absolute Gasteiger partial charge is 0.199 e. The van der Waals surface area contributed by atoms with Gasteiger partial charge in [0.15, 0.2) is 5.78 Å². The van der Waals surface area contributed by atoms with E-state index < -0.39 is 17.4 Å². The lowest BCUT2D eigenvalue weighted by Crippen LogP contribution is -2.05. The molecular formula is C13H9ClF2O2. The Labute approximate surface area is 107 Å². The zero-order valence-electron chi connectivity index (χ0n) is 9.68. The van der Waals surface area contributed by atoms with Crippen molar-refractivity contribution in [3.8, 4) is 0 Å². The number of hydrogen-bond acceptors (Lipinski definition) is 2. The van der Waals surface area contributed by atoms with E-state index in [0.29, 0.717) is 11.5 Å². The van der Waals surface area contributed by atoms with Crippen molar-refractivity contribution >= 4 is 17.4 Å². The Morgan fingerprint density at radius 1 is 1.11 bits per heavy atom. The van der Waals surface area contributed by atoms with Gasteiger partial charge < -0.3 is 4.42 Å². The molecule has 0 spiro atoms. The maximum absolute atomic E-state index is 13.6. The first-order valence-electron chi connectivity index (χ1n) is 5.16. The van der Waals surface area contributed by atoms with Crippen LogP contribution in [0.5, 0.6) is 0 Å². The average Bonchev–Trinajstić information content (AvgIpc) is 2.62. The summed E-state index contributed by atoms with van der Waals surface area (Å²) in [6.45, 7) is 3.26. The molecule has 0 saturated heterocycles. The molecule has 1 heterocycles. The van der Waals surface area contributed by atoms with Crippen molar-refractivity contribution in [2.24, 2.45) is 0 Å². The summed E-state index contributed by atoms with van der Waals surface area (Å²) >= 11 is 5.43. The van der Waals surface area contributed by atoms with Crippen LogP contribution in [0.1, 0.15) is 27.4 Å². The van der Waals surface area contributed by atoms with Crippen LogP contribution in [0.25, 0.3) is 0 Å². The van der Waals surface area contributed by atoms with Gasteiger partial charge in [0.2, 0.25) is 0 Å². The van der Waals surface area contributed by atoms with Crippen molar-refractivity contribution in [3.05, 3.63) is 57.5 Å². The van der Waals surface area contributed by atoms with E-state index in [1.807, 2.05) is 0 Å². The number of carbonyl (C=O) groups excluding carboxylic acids is 1. The summed E-state index contributed by atoms with van der Waals surface area (Å²) in [4.78, 5) is 12.1. The maximum Gasteiger partial charge on any atom is 0.199 e. The summed E-state index contributed by atoms with van der Waals surface area (Å²) in [5.74, 6) is -1.42. The monoisotopic (exact) mass is 270 g/mol. The van der Waals surface area contributed by atoms with Gasteiger partial charge in [0.1, 0.15) is 23.2 Å². The van der Waals surface area contributed by atoms with Gasteiger partial charge in [-0.2, -0.15) is 0 Å². The molecular weight excluding hydrogens is 262 g/mol. The second-order valence-electron chi connectivity index (χ2n) is 3.90. The van der Waals surface area contributed by atoms with Crippen molar-refractivity contribution in [3.63, 3.8) is 0 Å². The van der Waals surface area contributed by atoms with Crippen LogP contribution in [0, 0.1) is 25.5 Å². The van der Waals surface area contributed by atoms with E-state index in [9.17, 15) is 13.6 Å². The van der Waals surface area contributed by atoms with Crippen LogP contribution in [-0.2, 0) is 0 Å². The Morgan fingerprint density at radius 3 is 2.33 bits per heavy atom. The largest absolute Gasteiger partial charge is 0.466 e. The third kappa shape index (κ3) is 2.16. The molecule has 94 valence electrons. The number of benzene rings is 1. The Bertz CT molecular complexity index is 632. The molecule has 0 radical (unpaired) electrons. The summed E-state index contributed by atoms with van der Waals surface area (Å²) in [6.07, 6.45) is 0. The van der Waals surface area contributed by atoms with Gasteiger partial charge in [-0.05, 0) is 32.0 Å². The van der Waals surface area contributed by atoms with Gasteiger partial charge in [-0.25, -0.2) is 8.78 Å². The van der Waals surface area contributed by atoms with Crippen LogP contribution < -0.4 is 0 Å². The molecule has 0 atom stereocenters. The predicted octanol–water partition coefficient (Wildman–Crippen LogP) is 4.06. The summed E-state index contributed by atoms with van der Waals surface area (Å²) in [5, 5.41) is -0.357. The summed E-state index contributed by atoms with van der Waals surface area (Å²) < 4.78 is 32.1. The van der Waals surface area contributed by atoms with Gasteiger partial charge in [-0.1, -0.05) is 11.6 Å². The standard InChI is InChI=1S/C13H9ClF2O2/c1-6-3-8(7(2)18-6)13(17)9-4-12(16)10(14)5-11(9)15/h3-5H,1-2H3. The average molecular weight is 271 g/mol. The van der Waals surface area contributed by atoms with E-state index in [-0.39, 0.29) is 16.1 Å². The highest BCUT2D eigenvalue weighted by Gasteiger charge is 2.20. The lowest BCUT2D eigenvalue weighted by atomic mass is 10.0. The highest BCUT2D eigenvalue weighted by Crippen LogP contribution is 2.24. The Hall–Kier alpha value is -1.68. The topological polar surface area (TPSA) is 30.2 Å². The number of aryl methyl sites for hydroxylation is 2. The number of hydrogen-bond donors (Lipinski definition) is 0. The quantitative estimate of drug-likeness (QED) is 0.608. The third-order valence-electron chi connectivity index (χ3n) is 2.54. The summed E-state index contributed by atoms with van der Waals surface area (Å²) in [5.41, 5.74) is -0.145. The number of carbonyl (C=O) groups is 1. The van der Waals surface area contributed by atoms with Crippen molar-refractivity contribution in [2.75, 3.05) is 0 Å². The molecule has 0 fully saturated rings. The van der Waals surface area contributed by atoms with E-state index in [4.69, 9.17) is 16.0 Å². The first kappa shape index (κ1) is 12.8. The lowest BCUT2D eigenvalue weighted by molar-refractivity contribution is 0.103. The Kier molecular flexibility index (Phi) is 3.22. The highest BCUT2D eigenvalue weighted by atomic mass is 35.5. The summed E-state index contributed by atoms with van der Waals surface area (Å²) in [6, 6.07) is 3.07. The van der Waals surface area contributed by atoms with E-state index in [1.165, 1.54) is 6.07 Å². The molecule has 2 aromatic rings. The fraction of sp³-hybridized carbons (Fsp3) is 0.154. The second kappa shape index (κ2) is 4.53. The molecule has 0 unspecified atom stereocenters. The SMILES string of the molecule is Cc1cc(C(=O)c2cc(F)c(Cl)cc2F)c(C)o1. The molecule has 0 aliphatic heterocycles. The zero-order valence-corrected chi connectivity index (χ0v) is 10.4. The summed E-state index contributed by atoms with van der Waals surface area (Å²) in [7, 11) is 0. The van der Waals surface area contributed by atoms with Gasteiger partial charge >= 0.3 is 0 Å². The van der Waals surface area contributed by atoms with Crippen molar-refractivity contribution in [2.45, 2.75) is 13.8 Å². The Balaban J connectivity index is 2.53. The number of halogens is 3. The molecule has 2 rings (SSSR count). The van der Waals surface area contributed by atoms with Crippen LogP contribution >= 0.6 is 11.6 Å². The number of ketones is 1. The molecule has 2 nitrogen and oxygen atoms in total. The van der Waals surface area contributed by atoms with Gasteiger partial charge in [0, 0.05) is 0 Å². The van der Waals surface area contributed by atoms with Crippen LogP contribution in [-0.4, -0.2) is 5.78 Å². The van der Waals surface area contributed by atoms with Crippen LogP contribution in [0.2, 0.25) is 5.02 Å². The minimum absolute atomic E-state index is 0.216. The molecule has 0 aliphatic carbocycles. The van der Waals surface area contributed by atoms with E-state index in [0.717, 1.165) is 12.1 Å². The highest BCUT2D eigenvalue weighted by molar-refractivity contribution is 6.30.